The lowest BCUT2D eigenvalue weighted by molar-refractivity contribution is -0.130. The fourth-order valence-corrected chi connectivity index (χ4v) is 3.15. The number of thioether (sulfide) groups is 1. The lowest BCUT2D eigenvalue weighted by Gasteiger charge is -2.20. The van der Waals surface area contributed by atoms with Crippen molar-refractivity contribution < 1.29 is 14.7 Å². The van der Waals surface area contributed by atoms with Crippen LogP contribution in [0.5, 0.6) is 0 Å². The Labute approximate surface area is 234 Å². The largest absolute Gasteiger partial charge is 0.400 e. The van der Waals surface area contributed by atoms with Crippen LogP contribution < -0.4 is 0 Å². The highest BCUT2D eigenvalue weighted by atomic mass is 35.5. The van der Waals surface area contributed by atoms with Crippen molar-refractivity contribution in [3.63, 3.8) is 0 Å². The Kier molecular flexibility index (Phi) is 47.4. The molecule has 0 fully saturated rings. The minimum atomic E-state index is 0.0370. The van der Waals surface area contributed by atoms with Gasteiger partial charge in [-0.05, 0) is 61.5 Å². The number of allylic oxidation sites excluding steroid dienone is 1. The van der Waals surface area contributed by atoms with Gasteiger partial charge in [-0.2, -0.15) is 11.8 Å². The minimum Gasteiger partial charge on any atom is -0.400 e. The number of ketones is 1. The van der Waals surface area contributed by atoms with E-state index >= 15 is 0 Å². The first kappa shape index (κ1) is 44.7. The van der Waals surface area contributed by atoms with Crippen LogP contribution in [0.2, 0.25) is 5.02 Å². The molecular weight excluding hydrogens is 490 g/mol. The Hall–Kier alpha value is -1.30. The summed E-state index contributed by atoms with van der Waals surface area (Å²) in [4.78, 5) is 23.7. The topological polar surface area (TPSA) is 57.6 Å². The second kappa shape index (κ2) is 38.2. The monoisotopic (exact) mass is 547 g/mol. The van der Waals surface area contributed by atoms with E-state index in [2.05, 4.69) is 47.8 Å². The number of hydrogen-bond donors (Lipinski definition) is 1. The first-order valence-corrected chi connectivity index (χ1v) is 15.1. The standard InChI is InChI=1S/C10H9ClO.C9H19NO.C5H12S.C3H8.C2H6.CH4O/c1-8(12)5-6-9-3-2-4-10(11)7-9;1-4-7-10(8-5-2)9(11)6-3;1-5(2)4-6-3;1-3-2;2*1-2/h2-7H,1H3;4-8H2,1-3H3;5H,4H2,1-3H3;3H2,1-2H3;1-2H3;2H,1H3/b6-5+;;;;;. The second-order valence-electron chi connectivity index (χ2n) is 7.79. The van der Waals surface area contributed by atoms with Crippen LogP contribution in [0.1, 0.15) is 100 Å². The van der Waals surface area contributed by atoms with Gasteiger partial charge in [0.1, 0.15) is 0 Å². The smallest absolute Gasteiger partial charge is 0.222 e. The first-order chi connectivity index (χ1) is 17.1. The zero-order chi connectivity index (χ0) is 29.4. The number of halogens is 1. The maximum Gasteiger partial charge on any atom is 0.222 e. The van der Waals surface area contributed by atoms with E-state index in [1.54, 1.807) is 18.2 Å². The number of aliphatic hydroxyl groups excluding tert-OH is 1. The van der Waals surface area contributed by atoms with Crippen LogP contribution in [-0.4, -0.2) is 53.9 Å². The van der Waals surface area contributed by atoms with Crippen molar-refractivity contribution in [2.24, 2.45) is 5.92 Å². The lowest BCUT2D eigenvalue weighted by atomic mass is 10.2. The summed E-state index contributed by atoms with van der Waals surface area (Å²) in [5.41, 5.74) is 0.942. The number of hydrogen-bond acceptors (Lipinski definition) is 4. The van der Waals surface area contributed by atoms with Crippen LogP contribution in [0, 0.1) is 5.92 Å². The molecule has 0 spiro atoms. The average molecular weight is 548 g/mol. The Morgan fingerprint density at radius 2 is 1.50 bits per heavy atom. The summed E-state index contributed by atoms with van der Waals surface area (Å²) >= 11 is 7.65. The maximum absolute atomic E-state index is 11.2. The number of carbonyl (C=O) groups excluding carboxylic acids is 2. The van der Waals surface area contributed by atoms with E-state index in [1.165, 1.54) is 25.2 Å². The molecule has 0 unspecified atom stereocenters. The van der Waals surface area contributed by atoms with E-state index < -0.39 is 0 Å². The molecule has 0 aromatic heterocycles. The molecule has 0 atom stereocenters. The van der Waals surface area contributed by atoms with Gasteiger partial charge in [-0.25, -0.2) is 0 Å². The number of aliphatic hydroxyl groups is 1. The minimum absolute atomic E-state index is 0.0370. The molecule has 36 heavy (non-hydrogen) atoms. The molecule has 0 radical (unpaired) electrons. The molecule has 1 aromatic carbocycles. The summed E-state index contributed by atoms with van der Waals surface area (Å²) in [5.74, 6) is 2.48. The molecule has 1 N–H and O–H groups in total. The van der Waals surface area contributed by atoms with Gasteiger partial charge in [0.15, 0.2) is 5.78 Å². The van der Waals surface area contributed by atoms with Crippen LogP contribution >= 0.6 is 23.4 Å². The Balaban J connectivity index is -0.000000123. The lowest BCUT2D eigenvalue weighted by Crippen LogP contribution is -2.31. The van der Waals surface area contributed by atoms with Crippen molar-refractivity contribution in [3.05, 3.63) is 40.9 Å². The molecule has 0 saturated carbocycles. The maximum atomic E-state index is 11.2. The zero-order valence-electron chi connectivity index (χ0n) is 25.5. The van der Waals surface area contributed by atoms with Gasteiger partial charge in [0.05, 0.1) is 0 Å². The van der Waals surface area contributed by atoms with Crippen LogP contribution in [0.25, 0.3) is 6.08 Å². The van der Waals surface area contributed by atoms with Crippen LogP contribution in [-0.2, 0) is 9.59 Å². The molecule has 214 valence electrons. The Morgan fingerprint density at radius 1 is 1.03 bits per heavy atom. The summed E-state index contributed by atoms with van der Waals surface area (Å²) in [6.07, 6.45) is 9.41. The number of benzene rings is 1. The summed E-state index contributed by atoms with van der Waals surface area (Å²) in [5, 5.41) is 7.68. The zero-order valence-corrected chi connectivity index (χ0v) is 27.1. The molecule has 0 heterocycles. The average Bonchev–Trinajstić information content (AvgIpc) is 2.86. The highest BCUT2D eigenvalue weighted by Crippen LogP contribution is 2.11. The number of amides is 1. The van der Waals surface area contributed by atoms with Crippen LogP contribution in [0.15, 0.2) is 30.3 Å². The summed E-state index contributed by atoms with van der Waals surface area (Å²) in [7, 11) is 1.00. The molecule has 4 nitrogen and oxygen atoms in total. The molecule has 0 aliphatic heterocycles. The molecule has 0 aliphatic rings. The fourth-order valence-electron chi connectivity index (χ4n) is 2.28. The summed E-state index contributed by atoms with van der Waals surface area (Å²) in [6, 6.07) is 7.35. The first-order valence-electron chi connectivity index (χ1n) is 13.3. The van der Waals surface area contributed by atoms with Crippen molar-refractivity contribution in [2.75, 3.05) is 32.2 Å². The number of carbonyl (C=O) groups is 2. The molecule has 0 bridgehead atoms. The van der Waals surface area contributed by atoms with Crippen molar-refractivity contribution in [2.45, 2.75) is 94.9 Å². The van der Waals surface area contributed by atoms with Gasteiger partial charge in [-0.15, -0.1) is 0 Å². The van der Waals surface area contributed by atoms with Crippen molar-refractivity contribution in [1.29, 1.82) is 0 Å². The normalized spacial score (nSPS) is 8.97. The Morgan fingerprint density at radius 3 is 1.78 bits per heavy atom. The highest BCUT2D eigenvalue weighted by molar-refractivity contribution is 7.98. The van der Waals surface area contributed by atoms with Gasteiger partial charge in [0.2, 0.25) is 5.91 Å². The Bertz CT molecular complexity index is 602. The quantitative estimate of drug-likeness (QED) is 0.313. The van der Waals surface area contributed by atoms with E-state index in [4.69, 9.17) is 16.7 Å². The molecular formula is C30H58ClNO3S. The summed E-state index contributed by atoms with van der Waals surface area (Å²) in [6.45, 7) is 22.2. The predicted molar refractivity (Wildman–Crippen MR) is 167 cm³/mol. The van der Waals surface area contributed by atoms with Gasteiger partial charge in [-0.3, -0.25) is 9.59 Å². The van der Waals surface area contributed by atoms with Gasteiger partial charge in [0.25, 0.3) is 0 Å². The molecule has 0 aliphatic carbocycles. The molecule has 1 aromatic rings. The molecule has 6 heteroatoms. The third-order valence-electron chi connectivity index (χ3n) is 3.50. The van der Waals surface area contributed by atoms with E-state index in [-0.39, 0.29) is 11.7 Å². The van der Waals surface area contributed by atoms with Gasteiger partial charge in [-0.1, -0.05) is 98.5 Å². The number of nitrogens with zero attached hydrogens (tertiary/aromatic N) is 1. The second-order valence-corrected chi connectivity index (χ2v) is 9.14. The fraction of sp³-hybridized carbons (Fsp3) is 0.667. The molecule has 1 rings (SSSR count). The summed E-state index contributed by atoms with van der Waals surface area (Å²) < 4.78 is 0. The molecule has 0 saturated heterocycles. The van der Waals surface area contributed by atoms with Crippen molar-refractivity contribution in [3.8, 4) is 0 Å². The van der Waals surface area contributed by atoms with Gasteiger partial charge < -0.3 is 10.0 Å². The van der Waals surface area contributed by atoms with E-state index in [9.17, 15) is 9.59 Å². The van der Waals surface area contributed by atoms with Crippen molar-refractivity contribution >= 4 is 41.1 Å². The van der Waals surface area contributed by atoms with E-state index in [0.29, 0.717) is 11.4 Å². The van der Waals surface area contributed by atoms with Gasteiger partial charge in [0, 0.05) is 31.6 Å². The van der Waals surface area contributed by atoms with E-state index in [1.807, 2.05) is 49.6 Å². The van der Waals surface area contributed by atoms with Crippen molar-refractivity contribution in [1.82, 2.24) is 4.90 Å². The third-order valence-corrected chi connectivity index (χ3v) is 4.74. The third kappa shape index (κ3) is 39.9. The van der Waals surface area contributed by atoms with Crippen LogP contribution in [0.4, 0.5) is 0 Å². The molecule has 1 amide bonds. The van der Waals surface area contributed by atoms with Gasteiger partial charge >= 0.3 is 0 Å². The number of rotatable bonds is 9. The van der Waals surface area contributed by atoms with Crippen LogP contribution in [0.3, 0.4) is 0 Å². The predicted octanol–water partition coefficient (Wildman–Crippen LogP) is 9.04. The van der Waals surface area contributed by atoms with E-state index in [0.717, 1.165) is 44.5 Å². The SMILES string of the molecule is CC.CC(=O)/C=C/c1cccc(Cl)c1.CCC.CCCN(CCC)C(=O)CC.CO.CSCC(C)C. The highest BCUT2D eigenvalue weighted by Gasteiger charge is 2.07.